The van der Waals surface area contributed by atoms with E-state index in [1.54, 1.807) is 20.9 Å². The molecule has 0 bridgehead atoms. The molecular formula is C14H30IN3O2S. The zero-order valence-electron chi connectivity index (χ0n) is 13.8. The molecule has 5 nitrogen and oxygen atoms in total. The molecule has 0 aromatic heterocycles. The minimum absolute atomic E-state index is 0. The molecule has 0 radical (unpaired) electrons. The number of rotatable bonds is 4. The third-order valence-electron chi connectivity index (χ3n) is 4.26. The summed E-state index contributed by atoms with van der Waals surface area (Å²) in [6, 6.07) is 0. The van der Waals surface area contributed by atoms with Crippen LogP contribution in [0.15, 0.2) is 4.99 Å². The van der Waals surface area contributed by atoms with Crippen molar-refractivity contribution in [2.75, 3.05) is 32.4 Å². The van der Waals surface area contributed by atoms with E-state index in [-0.39, 0.29) is 29.7 Å². The molecule has 0 aromatic rings. The van der Waals surface area contributed by atoms with E-state index in [1.165, 1.54) is 0 Å². The number of hydrogen-bond acceptors (Lipinski definition) is 3. The molecule has 0 saturated carbocycles. The molecule has 0 unspecified atom stereocenters. The normalized spacial score (nSPS) is 21.0. The Hall–Kier alpha value is -0.0500. The summed E-state index contributed by atoms with van der Waals surface area (Å²) in [4.78, 5) is 6.36. The average Bonchev–Trinajstić information content (AvgIpc) is 2.39. The van der Waals surface area contributed by atoms with Gasteiger partial charge in [-0.25, -0.2) is 8.42 Å². The number of aliphatic imine (C=N–C) groups is 1. The average molecular weight is 431 g/mol. The smallest absolute Gasteiger partial charge is 0.193 e. The maximum Gasteiger partial charge on any atom is 0.193 e. The van der Waals surface area contributed by atoms with Gasteiger partial charge >= 0.3 is 0 Å². The van der Waals surface area contributed by atoms with E-state index >= 15 is 0 Å². The van der Waals surface area contributed by atoms with Crippen LogP contribution in [-0.2, 0) is 9.84 Å². The number of guanidine groups is 1. The van der Waals surface area contributed by atoms with E-state index in [0.29, 0.717) is 19.0 Å². The minimum atomic E-state index is -3.00. The monoisotopic (exact) mass is 431 g/mol. The van der Waals surface area contributed by atoms with Crippen LogP contribution in [0.3, 0.4) is 0 Å². The van der Waals surface area contributed by atoms with E-state index in [0.717, 1.165) is 25.3 Å². The van der Waals surface area contributed by atoms with E-state index in [2.05, 4.69) is 29.1 Å². The first-order valence-corrected chi connectivity index (χ1v) is 9.10. The minimum Gasteiger partial charge on any atom is -0.356 e. The third kappa shape index (κ3) is 5.26. The number of nitrogens with zero attached hydrogens (tertiary/aromatic N) is 2. The van der Waals surface area contributed by atoms with Gasteiger partial charge in [0, 0.05) is 26.7 Å². The first kappa shape index (κ1) is 20.9. The second-order valence-electron chi connectivity index (χ2n) is 6.11. The predicted octanol–water partition coefficient (Wildman–Crippen LogP) is 2.13. The van der Waals surface area contributed by atoms with E-state index in [1.807, 2.05) is 0 Å². The summed E-state index contributed by atoms with van der Waals surface area (Å²) in [5.41, 5.74) is 0. The van der Waals surface area contributed by atoms with Crippen LogP contribution in [0.25, 0.3) is 0 Å². The Morgan fingerprint density at radius 2 is 1.90 bits per heavy atom. The quantitative estimate of drug-likeness (QED) is 0.421. The van der Waals surface area contributed by atoms with Gasteiger partial charge in [-0.1, -0.05) is 26.7 Å². The fourth-order valence-electron chi connectivity index (χ4n) is 2.47. The van der Waals surface area contributed by atoms with Crippen molar-refractivity contribution in [1.82, 2.24) is 10.2 Å². The fraction of sp³-hybridized carbons (Fsp3) is 0.929. The lowest BCUT2D eigenvalue weighted by atomic mass is 10.0. The van der Waals surface area contributed by atoms with Gasteiger partial charge in [0.05, 0.1) is 10.5 Å². The van der Waals surface area contributed by atoms with Gasteiger partial charge in [0.15, 0.2) is 15.8 Å². The van der Waals surface area contributed by atoms with Crippen LogP contribution in [-0.4, -0.2) is 56.5 Å². The fourth-order valence-corrected chi connectivity index (χ4v) is 3.84. The topological polar surface area (TPSA) is 61.8 Å². The third-order valence-corrected chi connectivity index (χ3v) is 6.79. The molecular weight excluding hydrogens is 401 g/mol. The molecule has 1 N–H and O–H groups in total. The Kier molecular flexibility index (Phi) is 8.53. The summed E-state index contributed by atoms with van der Waals surface area (Å²) in [6.45, 7) is 9.88. The van der Waals surface area contributed by atoms with Gasteiger partial charge in [-0.3, -0.25) is 4.99 Å². The van der Waals surface area contributed by atoms with Crippen molar-refractivity contribution >= 4 is 39.8 Å². The summed E-state index contributed by atoms with van der Waals surface area (Å²) in [5, 5.41) is 3.39. The van der Waals surface area contributed by atoms with Crippen molar-refractivity contribution in [2.24, 2.45) is 10.9 Å². The molecule has 21 heavy (non-hydrogen) atoms. The molecule has 7 heteroatoms. The van der Waals surface area contributed by atoms with Crippen molar-refractivity contribution in [1.29, 1.82) is 0 Å². The second-order valence-corrected chi connectivity index (χ2v) is 8.85. The highest BCUT2D eigenvalue weighted by Crippen LogP contribution is 2.23. The van der Waals surface area contributed by atoms with Crippen molar-refractivity contribution in [3.05, 3.63) is 0 Å². The molecule has 1 fully saturated rings. The van der Waals surface area contributed by atoms with Crippen LogP contribution in [0, 0.1) is 5.92 Å². The molecule has 1 rings (SSSR count). The maximum absolute atomic E-state index is 12.0. The first-order valence-electron chi connectivity index (χ1n) is 7.45. The predicted molar refractivity (Wildman–Crippen MR) is 100 cm³/mol. The summed E-state index contributed by atoms with van der Waals surface area (Å²) >= 11 is 0. The lowest BCUT2D eigenvalue weighted by molar-refractivity contribution is 0.348. The Balaban J connectivity index is 0.00000400. The zero-order chi connectivity index (χ0) is 15.4. The lowest BCUT2D eigenvalue weighted by Crippen LogP contribution is -2.57. The van der Waals surface area contributed by atoms with Crippen molar-refractivity contribution < 1.29 is 8.42 Å². The SMILES string of the molecule is CCC(CC)CNC(=NC)N1CCS(=O)(=O)C(C)(C)C1.I. The first-order chi connectivity index (χ1) is 9.27. The van der Waals surface area contributed by atoms with Crippen LogP contribution < -0.4 is 5.32 Å². The van der Waals surface area contributed by atoms with Gasteiger partial charge in [0.1, 0.15) is 0 Å². The number of sulfone groups is 1. The Morgan fingerprint density at radius 3 is 2.33 bits per heavy atom. The molecule has 0 spiro atoms. The van der Waals surface area contributed by atoms with Gasteiger partial charge in [0.2, 0.25) is 0 Å². The summed E-state index contributed by atoms with van der Waals surface area (Å²) in [6.07, 6.45) is 2.28. The summed E-state index contributed by atoms with van der Waals surface area (Å²) < 4.78 is 23.4. The van der Waals surface area contributed by atoms with Gasteiger partial charge < -0.3 is 10.2 Å². The standard InChI is InChI=1S/C14H29N3O2S.HI/c1-6-12(7-2)10-16-13(15-5)17-8-9-20(18,19)14(3,4)11-17;/h12H,6-11H2,1-5H3,(H,15,16);1H. The zero-order valence-corrected chi connectivity index (χ0v) is 17.0. The molecule has 1 aliphatic rings. The largest absolute Gasteiger partial charge is 0.356 e. The van der Waals surface area contributed by atoms with Gasteiger partial charge in [-0.15, -0.1) is 24.0 Å². The molecule has 0 atom stereocenters. The Bertz CT molecular complexity index is 445. The molecule has 0 aliphatic carbocycles. The lowest BCUT2D eigenvalue weighted by Gasteiger charge is -2.39. The highest BCUT2D eigenvalue weighted by Gasteiger charge is 2.40. The summed E-state index contributed by atoms with van der Waals surface area (Å²) in [7, 11) is -1.25. The highest BCUT2D eigenvalue weighted by molar-refractivity contribution is 14.0. The molecule has 126 valence electrons. The number of halogens is 1. The van der Waals surface area contributed by atoms with Gasteiger partial charge in [-0.2, -0.15) is 0 Å². The van der Waals surface area contributed by atoms with Gasteiger partial charge in [0.25, 0.3) is 0 Å². The van der Waals surface area contributed by atoms with Crippen LogP contribution in [0.4, 0.5) is 0 Å². The Labute approximate surface area is 146 Å². The van der Waals surface area contributed by atoms with Gasteiger partial charge in [-0.05, 0) is 19.8 Å². The Morgan fingerprint density at radius 1 is 1.33 bits per heavy atom. The van der Waals surface area contributed by atoms with E-state index in [4.69, 9.17) is 0 Å². The van der Waals surface area contributed by atoms with E-state index in [9.17, 15) is 8.42 Å². The van der Waals surface area contributed by atoms with Crippen LogP contribution >= 0.6 is 24.0 Å². The van der Waals surface area contributed by atoms with Crippen molar-refractivity contribution in [3.8, 4) is 0 Å². The summed E-state index contributed by atoms with van der Waals surface area (Å²) in [5.74, 6) is 1.65. The molecule has 1 heterocycles. The van der Waals surface area contributed by atoms with E-state index < -0.39 is 14.6 Å². The number of nitrogens with one attached hydrogen (secondary N) is 1. The molecule has 1 saturated heterocycles. The molecule has 1 aliphatic heterocycles. The maximum atomic E-state index is 12.0. The van der Waals surface area contributed by atoms with Crippen LogP contribution in [0.1, 0.15) is 40.5 Å². The van der Waals surface area contributed by atoms with Crippen molar-refractivity contribution in [2.45, 2.75) is 45.3 Å². The molecule has 0 amide bonds. The second kappa shape index (κ2) is 8.55. The highest BCUT2D eigenvalue weighted by atomic mass is 127. The van der Waals surface area contributed by atoms with Crippen molar-refractivity contribution in [3.63, 3.8) is 0 Å². The number of hydrogen-bond donors (Lipinski definition) is 1. The molecule has 0 aromatic carbocycles. The van der Waals surface area contributed by atoms with Crippen LogP contribution in [0.5, 0.6) is 0 Å². The van der Waals surface area contributed by atoms with Crippen LogP contribution in [0.2, 0.25) is 0 Å².